The summed E-state index contributed by atoms with van der Waals surface area (Å²) >= 11 is 0. The van der Waals surface area contributed by atoms with Crippen molar-refractivity contribution in [3.8, 4) is 0 Å². The quantitative estimate of drug-likeness (QED) is 0.621. The average molecular weight is 292 g/mol. The van der Waals surface area contributed by atoms with E-state index in [-0.39, 0.29) is 5.76 Å². The van der Waals surface area contributed by atoms with Crippen LogP contribution in [-0.2, 0) is 20.7 Å². The Morgan fingerprint density at radius 3 is 2.58 bits per heavy atom. The topological polar surface area (TPSA) is 43.4 Å². The van der Waals surface area contributed by atoms with Crippen molar-refractivity contribution in [2.24, 2.45) is 0 Å². The first-order valence-corrected chi connectivity index (χ1v) is 6.92. The van der Waals surface area contributed by atoms with Crippen molar-refractivity contribution in [2.75, 3.05) is 0 Å². The minimum absolute atomic E-state index is 0.251. The summed E-state index contributed by atoms with van der Waals surface area (Å²) in [4.78, 5) is 0. The maximum absolute atomic E-state index is 12.3. The number of alkyl halides is 3. The number of allylic oxidation sites excluding steroid dienone is 1. The van der Waals surface area contributed by atoms with E-state index in [1.807, 2.05) is 13.0 Å². The lowest BCUT2D eigenvalue weighted by molar-refractivity contribution is -0.0509. The van der Waals surface area contributed by atoms with E-state index < -0.39 is 15.6 Å². The molecule has 0 atom stereocenters. The summed E-state index contributed by atoms with van der Waals surface area (Å²) in [5.74, 6) is -0.251. The van der Waals surface area contributed by atoms with Gasteiger partial charge >= 0.3 is 15.6 Å². The second-order valence-corrected chi connectivity index (χ2v) is 5.79. The van der Waals surface area contributed by atoms with Crippen molar-refractivity contribution >= 4 is 15.9 Å². The summed E-state index contributed by atoms with van der Waals surface area (Å²) < 4.78 is 63.1. The van der Waals surface area contributed by atoms with E-state index in [2.05, 4.69) is 4.18 Å². The van der Waals surface area contributed by atoms with Crippen molar-refractivity contribution < 1.29 is 25.8 Å². The summed E-state index contributed by atoms with van der Waals surface area (Å²) in [7, 11) is -5.62. The van der Waals surface area contributed by atoms with Crippen LogP contribution in [0.2, 0.25) is 0 Å². The van der Waals surface area contributed by atoms with Crippen molar-refractivity contribution in [1.29, 1.82) is 0 Å². The Morgan fingerprint density at radius 1 is 1.26 bits per heavy atom. The zero-order valence-corrected chi connectivity index (χ0v) is 10.8. The standard InChI is InChI=1S/C12H11F3O3S/c1-8-5-6-10-9(7-8)3-2-4-11(10)18-19(16,17)12(13,14)15/h4-7H,2-3H2,1H3. The molecule has 0 aliphatic heterocycles. The summed E-state index contributed by atoms with van der Waals surface area (Å²) in [5.41, 5.74) is -3.28. The van der Waals surface area contributed by atoms with Crippen LogP contribution in [0.25, 0.3) is 5.76 Å². The van der Waals surface area contributed by atoms with Gasteiger partial charge in [0.15, 0.2) is 0 Å². The van der Waals surface area contributed by atoms with Gasteiger partial charge < -0.3 is 4.18 Å². The second kappa shape index (κ2) is 4.56. The molecule has 0 bridgehead atoms. The van der Waals surface area contributed by atoms with Gasteiger partial charge in [0.1, 0.15) is 5.76 Å². The highest BCUT2D eigenvalue weighted by molar-refractivity contribution is 7.87. The maximum Gasteiger partial charge on any atom is 0.534 e. The second-order valence-electron chi connectivity index (χ2n) is 4.25. The first kappa shape index (κ1) is 13.9. The molecular weight excluding hydrogens is 281 g/mol. The molecule has 0 fully saturated rings. The Hall–Kier alpha value is -1.50. The number of benzene rings is 1. The molecule has 1 aliphatic carbocycles. The highest BCUT2D eigenvalue weighted by atomic mass is 32.2. The molecule has 1 aromatic rings. The normalized spacial score (nSPS) is 15.7. The van der Waals surface area contributed by atoms with Gasteiger partial charge in [0.25, 0.3) is 0 Å². The van der Waals surface area contributed by atoms with Gasteiger partial charge in [-0.05, 0) is 31.4 Å². The van der Waals surface area contributed by atoms with E-state index in [4.69, 9.17) is 0 Å². The van der Waals surface area contributed by atoms with Crippen molar-refractivity contribution in [3.63, 3.8) is 0 Å². The summed E-state index contributed by atoms with van der Waals surface area (Å²) in [6.07, 6.45) is 2.45. The monoisotopic (exact) mass is 292 g/mol. The molecule has 1 aromatic carbocycles. The summed E-state index contributed by atoms with van der Waals surface area (Å²) in [6, 6.07) is 5.08. The van der Waals surface area contributed by atoms with Gasteiger partial charge in [-0.3, -0.25) is 0 Å². The lowest BCUT2D eigenvalue weighted by Gasteiger charge is -2.19. The molecule has 3 nitrogen and oxygen atoms in total. The van der Waals surface area contributed by atoms with Gasteiger partial charge in [-0.25, -0.2) is 0 Å². The van der Waals surface area contributed by atoms with Gasteiger partial charge in [-0.1, -0.05) is 23.8 Å². The number of halogens is 3. The van der Waals surface area contributed by atoms with E-state index >= 15 is 0 Å². The molecule has 0 saturated heterocycles. The van der Waals surface area contributed by atoms with Gasteiger partial charge in [-0.15, -0.1) is 0 Å². The minimum Gasteiger partial charge on any atom is -0.376 e. The third kappa shape index (κ3) is 2.75. The molecule has 1 aliphatic rings. The Labute approximate surface area is 108 Å². The van der Waals surface area contributed by atoms with E-state index in [1.165, 1.54) is 6.08 Å². The molecule has 7 heteroatoms. The number of hydrogen-bond donors (Lipinski definition) is 0. The number of fused-ring (bicyclic) bond motifs is 1. The predicted molar refractivity (Wildman–Crippen MR) is 63.5 cm³/mol. The first-order chi connectivity index (χ1) is 8.71. The molecule has 0 saturated carbocycles. The zero-order chi connectivity index (χ0) is 14.3. The van der Waals surface area contributed by atoms with Crippen LogP contribution in [0.15, 0.2) is 24.3 Å². The average Bonchev–Trinajstić information content (AvgIpc) is 2.26. The first-order valence-electron chi connectivity index (χ1n) is 5.51. The lowest BCUT2D eigenvalue weighted by atomic mass is 9.94. The molecule has 0 spiro atoms. The fourth-order valence-corrected chi connectivity index (χ4v) is 2.37. The van der Waals surface area contributed by atoms with Crippen molar-refractivity contribution in [1.82, 2.24) is 0 Å². The van der Waals surface area contributed by atoms with Crippen LogP contribution in [0.4, 0.5) is 13.2 Å². The van der Waals surface area contributed by atoms with E-state index in [9.17, 15) is 21.6 Å². The third-order valence-electron chi connectivity index (χ3n) is 2.75. The Balaban J connectivity index is 2.37. The predicted octanol–water partition coefficient (Wildman–Crippen LogP) is 3.15. The molecule has 0 aromatic heterocycles. The smallest absolute Gasteiger partial charge is 0.376 e. The third-order valence-corrected chi connectivity index (χ3v) is 3.72. The molecular formula is C12H11F3O3S. The largest absolute Gasteiger partial charge is 0.534 e. The van der Waals surface area contributed by atoms with Crippen LogP contribution in [0.1, 0.15) is 23.1 Å². The number of aryl methyl sites for hydroxylation is 2. The Kier molecular flexibility index (Phi) is 3.34. The molecule has 2 rings (SSSR count). The molecule has 0 heterocycles. The fourth-order valence-electron chi connectivity index (χ4n) is 1.88. The van der Waals surface area contributed by atoms with E-state index in [0.29, 0.717) is 18.4 Å². The Bertz CT molecular complexity index is 630. The van der Waals surface area contributed by atoms with Crippen molar-refractivity contribution in [3.05, 3.63) is 41.0 Å². The molecule has 19 heavy (non-hydrogen) atoms. The summed E-state index contributed by atoms with van der Waals surface area (Å²) in [5, 5.41) is 0. The fraction of sp³-hybridized carbons (Fsp3) is 0.333. The zero-order valence-electron chi connectivity index (χ0n) is 9.99. The van der Waals surface area contributed by atoms with Gasteiger partial charge in [0, 0.05) is 5.56 Å². The highest BCUT2D eigenvalue weighted by Gasteiger charge is 2.49. The maximum atomic E-state index is 12.3. The summed E-state index contributed by atoms with van der Waals surface area (Å²) in [6.45, 7) is 1.85. The van der Waals surface area contributed by atoms with Crippen LogP contribution in [0, 0.1) is 6.92 Å². The Morgan fingerprint density at radius 2 is 1.95 bits per heavy atom. The van der Waals surface area contributed by atoms with Gasteiger partial charge in [0.05, 0.1) is 0 Å². The number of rotatable bonds is 2. The lowest BCUT2D eigenvalue weighted by Crippen LogP contribution is -2.25. The highest BCUT2D eigenvalue weighted by Crippen LogP contribution is 2.33. The molecule has 0 unspecified atom stereocenters. The minimum atomic E-state index is -5.62. The van der Waals surface area contributed by atoms with Crippen molar-refractivity contribution in [2.45, 2.75) is 25.3 Å². The SMILES string of the molecule is Cc1ccc2c(c1)CCC=C2OS(=O)(=O)C(F)(F)F. The van der Waals surface area contributed by atoms with Crippen LogP contribution in [0.5, 0.6) is 0 Å². The van der Waals surface area contributed by atoms with Crippen LogP contribution in [0.3, 0.4) is 0 Å². The van der Waals surface area contributed by atoms with Crippen LogP contribution >= 0.6 is 0 Å². The van der Waals surface area contributed by atoms with Crippen LogP contribution < -0.4 is 0 Å². The van der Waals surface area contributed by atoms with Gasteiger partial charge in [-0.2, -0.15) is 21.6 Å². The molecule has 104 valence electrons. The number of hydrogen-bond acceptors (Lipinski definition) is 3. The van der Waals surface area contributed by atoms with Crippen LogP contribution in [-0.4, -0.2) is 13.9 Å². The molecule has 0 radical (unpaired) electrons. The molecule has 0 N–H and O–H groups in total. The van der Waals surface area contributed by atoms with E-state index in [0.717, 1.165) is 11.1 Å². The van der Waals surface area contributed by atoms with Gasteiger partial charge in [0.2, 0.25) is 0 Å². The van der Waals surface area contributed by atoms with E-state index in [1.54, 1.807) is 12.1 Å². The molecule has 0 amide bonds.